The first kappa shape index (κ1) is 18.9. The maximum absolute atomic E-state index is 12.6. The van der Waals surface area contributed by atoms with Gasteiger partial charge in [0.1, 0.15) is 0 Å². The van der Waals surface area contributed by atoms with Gasteiger partial charge in [-0.15, -0.1) is 0 Å². The predicted molar refractivity (Wildman–Crippen MR) is 97.0 cm³/mol. The smallest absolute Gasteiger partial charge is 0.387 e. The van der Waals surface area contributed by atoms with Crippen molar-refractivity contribution in [1.82, 2.24) is 10.2 Å². The van der Waals surface area contributed by atoms with E-state index in [1.54, 1.807) is 12.1 Å². The molecule has 0 saturated carbocycles. The van der Waals surface area contributed by atoms with Crippen LogP contribution < -0.4 is 14.8 Å². The van der Waals surface area contributed by atoms with Crippen molar-refractivity contribution in [2.24, 2.45) is 0 Å². The van der Waals surface area contributed by atoms with Crippen molar-refractivity contribution in [2.45, 2.75) is 32.0 Å². The fourth-order valence-electron chi connectivity index (χ4n) is 3.33. The Labute approximate surface area is 156 Å². The van der Waals surface area contributed by atoms with Crippen LogP contribution in [0.2, 0.25) is 0 Å². The van der Waals surface area contributed by atoms with Crippen molar-refractivity contribution < 1.29 is 23.0 Å². The highest BCUT2D eigenvalue weighted by atomic mass is 19.3. The Morgan fingerprint density at radius 1 is 1.22 bits per heavy atom. The van der Waals surface area contributed by atoms with Crippen molar-refractivity contribution >= 4 is 6.03 Å². The molecule has 0 spiro atoms. The average molecular weight is 376 g/mol. The molecule has 2 amide bonds. The van der Waals surface area contributed by atoms with Crippen molar-refractivity contribution in [2.75, 3.05) is 13.7 Å². The Hall–Kier alpha value is -2.83. The molecule has 1 atom stereocenters. The normalized spacial score (nSPS) is 16.4. The second-order valence-electron chi connectivity index (χ2n) is 6.28. The lowest BCUT2D eigenvalue weighted by molar-refractivity contribution is -0.0512. The van der Waals surface area contributed by atoms with E-state index >= 15 is 0 Å². The second kappa shape index (κ2) is 8.70. The summed E-state index contributed by atoms with van der Waals surface area (Å²) in [6.45, 7) is -1.95. The number of amides is 2. The third-order valence-corrected chi connectivity index (χ3v) is 4.59. The maximum atomic E-state index is 12.6. The Morgan fingerprint density at radius 2 is 2.00 bits per heavy atom. The Balaban J connectivity index is 1.63. The molecule has 2 aromatic rings. The van der Waals surface area contributed by atoms with E-state index in [4.69, 9.17) is 4.74 Å². The standard InChI is InChI=1S/C20H22F2N2O3/c1-26-18-12-14(9-10-17(18)27-19(21)22)13-23-20(25)24-11-5-8-16(24)15-6-3-2-4-7-15/h2-4,6-7,9-10,12,16,19H,5,8,11,13H2,1H3,(H,23,25). The lowest BCUT2D eigenvalue weighted by Crippen LogP contribution is -2.39. The van der Waals surface area contributed by atoms with E-state index in [-0.39, 0.29) is 30.1 Å². The van der Waals surface area contributed by atoms with Crippen molar-refractivity contribution in [1.29, 1.82) is 0 Å². The summed E-state index contributed by atoms with van der Waals surface area (Å²) < 4.78 is 34.3. The molecule has 1 aliphatic rings. The van der Waals surface area contributed by atoms with Gasteiger partial charge in [0.2, 0.25) is 0 Å². The summed E-state index contributed by atoms with van der Waals surface area (Å²) in [5.74, 6) is 0.164. The maximum Gasteiger partial charge on any atom is 0.387 e. The second-order valence-corrected chi connectivity index (χ2v) is 6.28. The average Bonchev–Trinajstić information content (AvgIpc) is 3.17. The first-order valence-electron chi connectivity index (χ1n) is 8.79. The number of halogens is 2. The van der Waals surface area contributed by atoms with Crippen LogP contribution in [0.4, 0.5) is 13.6 Å². The number of carbonyl (C=O) groups excluding carboxylic acids is 1. The summed E-state index contributed by atoms with van der Waals surface area (Å²) >= 11 is 0. The third-order valence-electron chi connectivity index (χ3n) is 4.59. The zero-order valence-corrected chi connectivity index (χ0v) is 15.0. The highest BCUT2D eigenvalue weighted by Crippen LogP contribution is 2.32. The predicted octanol–water partition coefficient (Wildman–Crippen LogP) is 4.34. The third kappa shape index (κ3) is 4.67. The molecule has 1 saturated heterocycles. The minimum atomic E-state index is -2.92. The van der Waals surface area contributed by atoms with E-state index in [0.29, 0.717) is 6.54 Å². The quantitative estimate of drug-likeness (QED) is 0.816. The zero-order valence-electron chi connectivity index (χ0n) is 15.0. The number of hydrogen-bond acceptors (Lipinski definition) is 3. The summed E-state index contributed by atoms with van der Waals surface area (Å²) in [4.78, 5) is 14.5. The summed E-state index contributed by atoms with van der Waals surface area (Å²) in [5.41, 5.74) is 1.86. The number of ether oxygens (including phenoxy) is 2. The number of alkyl halides is 2. The molecule has 0 bridgehead atoms. The van der Waals surface area contributed by atoms with Gasteiger partial charge in [0.15, 0.2) is 11.5 Å². The van der Waals surface area contributed by atoms with E-state index in [1.807, 2.05) is 35.2 Å². The molecule has 1 unspecified atom stereocenters. The molecule has 27 heavy (non-hydrogen) atoms. The van der Waals surface area contributed by atoms with Crippen LogP contribution >= 0.6 is 0 Å². The van der Waals surface area contributed by atoms with Crippen LogP contribution in [0.3, 0.4) is 0 Å². The van der Waals surface area contributed by atoms with Crippen LogP contribution in [-0.4, -0.2) is 31.2 Å². The minimum absolute atomic E-state index is 0.0359. The SMILES string of the molecule is COc1cc(CNC(=O)N2CCCC2c2ccccc2)ccc1OC(F)F. The highest BCUT2D eigenvalue weighted by molar-refractivity contribution is 5.75. The summed E-state index contributed by atoms with van der Waals surface area (Å²) in [6.07, 6.45) is 1.89. The number of likely N-dealkylation sites (tertiary alicyclic amines) is 1. The van der Waals surface area contributed by atoms with E-state index in [1.165, 1.54) is 13.2 Å². The van der Waals surface area contributed by atoms with E-state index in [9.17, 15) is 13.6 Å². The monoisotopic (exact) mass is 376 g/mol. The number of urea groups is 1. The highest BCUT2D eigenvalue weighted by Gasteiger charge is 2.29. The number of rotatable bonds is 6. The van der Waals surface area contributed by atoms with E-state index in [2.05, 4.69) is 10.1 Å². The number of methoxy groups -OCH3 is 1. The van der Waals surface area contributed by atoms with Gasteiger partial charge in [0.25, 0.3) is 0 Å². The molecule has 1 N–H and O–H groups in total. The molecular formula is C20H22F2N2O3. The van der Waals surface area contributed by atoms with Gasteiger partial charge in [-0.05, 0) is 36.1 Å². The topological polar surface area (TPSA) is 50.8 Å². The number of benzene rings is 2. The molecule has 0 radical (unpaired) electrons. The number of nitrogens with zero attached hydrogens (tertiary/aromatic N) is 1. The molecule has 0 aliphatic carbocycles. The fraction of sp³-hybridized carbons (Fsp3) is 0.350. The van der Waals surface area contributed by atoms with Crippen molar-refractivity contribution in [3.05, 3.63) is 59.7 Å². The molecule has 3 rings (SSSR count). The Kier molecular flexibility index (Phi) is 6.11. The van der Waals surface area contributed by atoms with Crippen molar-refractivity contribution in [3.63, 3.8) is 0 Å². The molecule has 1 heterocycles. The Morgan fingerprint density at radius 3 is 2.70 bits per heavy atom. The number of nitrogens with one attached hydrogen (secondary N) is 1. The van der Waals surface area contributed by atoms with Gasteiger partial charge in [-0.2, -0.15) is 8.78 Å². The minimum Gasteiger partial charge on any atom is -0.493 e. The molecule has 144 valence electrons. The van der Waals surface area contributed by atoms with Gasteiger partial charge in [-0.25, -0.2) is 4.79 Å². The van der Waals surface area contributed by atoms with Crippen LogP contribution in [0.25, 0.3) is 0 Å². The molecule has 7 heteroatoms. The van der Waals surface area contributed by atoms with Gasteiger partial charge in [0, 0.05) is 13.1 Å². The summed E-state index contributed by atoms with van der Waals surface area (Å²) in [6, 6.07) is 14.5. The van der Waals surface area contributed by atoms with Gasteiger partial charge < -0.3 is 19.7 Å². The molecule has 2 aromatic carbocycles. The fourth-order valence-corrected chi connectivity index (χ4v) is 3.33. The van der Waals surface area contributed by atoms with Gasteiger partial charge in [-0.3, -0.25) is 0 Å². The van der Waals surface area contributed by atoms with E-state index < -0.39 is 6.61 Å². The molecule has 5 nitrogen and oxygen atoms in total. The van der Waals surface area contributed by atoms with Gasteiger partial charge in [0.05, 0.1) is 13.2 Å². The van der Waals surface area contributed by atoms with Gasteiger partial charge >= 0.3 is 12.6 Å². The van der Waals surface area contributed by atoms with Crippen LogP contribution in [-0.2, 0) is 6.54 Å². The van der Waals surface area contributed by atoms with Crippen molar-refractivity contribution in [3.8, 4) is 11.5 Å². The molecule has 1 fully saturated rings. The first-order valence-corrected chi connectivity index (χ1v) is 8.79. The Bertz CT molecular complexity index is 771. The van der Waals surface area contributed by atoms with Gasteiger partial charge in [-0.1, -0.05) is 36.4 Å². The van der Waals surface area contributed by atoms with Crippen LogP contribution in [0, 0.1) is 0 Å². The lowest BCUT2D eigenvalue weighted by Gasteiger charge is -2.25. The van der Waals surface area contributed by atoms with Crippen LogP contribution in [0.1, 0.15) is 30.0 Å². The van der Waals surface area contributed by atoms with Crippen LogP contribution in [0.15, 0.2) is 48.5 Å². The lowest BCUT2D eigenvalue weighted by atomic mass is 10.1. The zero-order chi connectivity index (χ0) is 19.2. The molecule has 0 aromatic heterocycles. The number of hydrogen-bond donors (Lipinski definition) is 1. The van der Waals surface area contributed by atoms with E-state index in [0.717, 1.165) is 24.0 Å². The molecule has 1 aliphatic heterocycles. The summed E-state index contributed by atoms with van der Waals surface area (Å²) in [7, 11) is 1.38. The summed E-state index contributed by atoms with van der Waals surface area (Å²) in [5, 5.41) is 2.89. The van der Waals surface area contributed by atoms with Crippen LogP contribution in [0.5, 0.6) is 11.5 Å². The largest absolute Gasteiger partial charge is 0.493 e. The first-order chi connectivity index (χ1) is 13.1. The molecular weight excluding hydrogens is 354 g/mol. The number of carbonyl (C=O) groups is 1.